The molecule has 9 heteroatoms. The van der Waals surface area contributed by atoms with Crippen molar-refractivity contribution in [1.82, 2.24) is 6.15 Å². The van der Waals surface area contributed by atoms with Crippen molar-refractivity contribution in [3.8, 4) is 5.75 Å². The molecule has 0 fully saturated rings. The number of hydrogen-bond donors (Lipinski definition) is 0. The maximum atomic E-state index is 11.0. The van der Waals surface area contributed by atoms with Crippen LogP contribution in [0.5, 0.6) is 5.75 Å². The molecule has 1 aromatic rings. The van der Waals surface area contributed by atoms with Gasteiger partial charge in [-0.05, 0) is 12.1 Å². The lowest BCUT2D eigenvalue weighted by molar-refractivity contribution is -0.384. The number of rotatable bonds is 4. The molecule has 0 bridgehead atoms. The largest absolute Gasteiger partial charge is 0.516 e. The third-order valence-corrected chi connectivity index (χ3v) is 1.69. The molecule has 1 rings (SSSR count). The second-order valence-electron chi connectivity index (χ2n) is 3.00. The van der Waals surface area contributed by atoms with E-state index >= 15 is 0 Å². The van der Waals surface area contributed by atoms with Crippen molar-refractivity contribution in [1.29, 1.82) is 0 Å². The maximum absolute atomic E-state index is 11.0. The van der Waals surface area contributed by atoms with Crippen LogP contribution in [0.1, 0.15) is 6.92 Å². The number of non-ortho nitro benzene ring substituents is 1. The first-order valence-electron chi connectivity index (χ1n) is 4.71. The monoisotopic (exact) mass is 269 g/mol. The average Bonchev–Trinajstić information content (AvgIpc) is 2.29. The van der Waals surface area contributed by atoms with Gasteiger partial charge in [-0.1, -0.05) is 0 Å². The molecule has 0 spiro atoms. The summed E-state index contributed by atoms with van der Waals surface area (Å²) < 4.78 is 13.4. The molecule has 0 aliphatic rings. The first-order chi connectivity index (χ1) is 8.49. The highest BCUT2D eigenvalue weighted by Gasteiger charge is 2.09. The SMILES string of the molecule is CC(=O)OCOC(=O)Oc1ccc([N+](=O)[O-])cc1.[N]. The quantitative estimate of drug-likeness (QED) is 0.263. The Morgan fingerprint density at radius 2 is 1.79 bits per heavy atom. The van der Waals surface area contributed by atoms with E-state index in [0.717, 1.165) is 6.92 Å². The number of carbonyl (C=O) groups excluding carboxylic acids is 2. The van der Waals surface area contributed by atoms with Crippen molar-refractivity contribution >= 4 is 17.8 Å². The van der Waals surface area contributed by atoms with Crippen molar-refractivity contribution in [2.75, 3.05) is 6.79 Å². The Labute approximate surface area is 107 Å². The van der Waals surface area contributed by atoms with E-state index in [-0.39, 0.29) is 17.6 Å². The van der Waals surface area contributed by atoms with Crippen LogP contribution >= 0.6 is 0 Å². The van der Waals surface area contributed by atoms with Crippen LogP contribution in [0.25, 0.3) is 0 Å². The normalized spacial score (nSPS) is 8.89. The number of hydrogen-bond acceptors (Lipinski definition) is 7. The van der Waals surface area contributed by atoms with E-state index in [0.29, 0.717) is 0 Å². The minimum Gasteiger partial charge on any atom is -0.428 e. The molecule has 0 saturated heterocycles. The first-order valence-corrected chi connectivity index (χ1v) is 4.71. The summed E-state index contributed by atoms with van der Waals surface area (Å²) >= 11 is 0. The Hall–Kier alpha value is -2.68. The molecule has 19 heavy (non-hydrogen) atoms. The summed E-state index contributed by atoms with van der Waals surface area (Å²) in [7, 11) is 0. The second kappa shape index (κ2) is 7.61. The van der Waals surface area contributed by atoms with Gasteiger partial charge in [0.05, 0.1) is 4.92 Å². The van der Waals surface area contributed by atoms with Gasteiger partial charge in [-0.15, -0.1) is 0 Å². The molecule has 0 amide bonds. The van der Waals surface area contributed by atoms with Gasteiger partial charge in [0, 0.05) is 25.2 Å². The number of esters is 1. The van der Waals surface area contributed by atoms with E-state index in [9.17, 15) is 19.7 Å². The fourth-order valence-corrected chi connectivity index (χ4v) is 0.922. The standard InChI is InChI=1S/C10H9NO7.N/c1-7(12)16-6-17-10(13)18-9-4-2-8(3-5-9)11(14)15;/h2-5H,6H2,1H3;. The Balaban J connectivity index is 0.00000324. The van der Waals surface area contributed by atoms with Gasteiger partial charge in [-0.25, -0.2) is 4.79 Å². The van der Waals surface area contributed by atoms with E-state index in [4.69, 9.17) is 0 Å². The first kappa shape index (κ1) is 16.3. The molecule has 3 radical (unpaired) electrons. The van der Waals surface area contributed by atoms with Gasteiger partial charge in [0.2, 0.25) is 6.79 Å². The summed E-state index contributed by atoms with van der Waals surface area (Å²) in [6.07, 6.45) is -1.08. The number of nitro groups is 1. The molecule has 0 saturated carbocycles. The van der Waals surface area contributed by atoms with Crippen LogP contribution in [0, 0.1) is 10.1 Å². The number of benzene rings is 1. The van der Waals surface area contributed by atoms with Crippen LogP contribution in [0.15, 0.2) is 24.3 Å². The lowest BCUT2D eigenvalue weighted by Gasteiger charge is -2.05. The minimum atomic E-state index is -1.08. The van der Waals surface area contributed by atoms with Crippen molar-refractivity contribution in [3.63, 3.8) is 0 Å². The highest BCUT2D eigenvalue weighted by Crippen LogP contribution is 2.17. The molecule has 0 aliphatic carbocycles. The van der Waals surface area contributed by atoms with Crippen molar-refractivity contribution < 1.29 is 28.7 Å². The summed E-state index contributed by atoms with van der Waals surface area (Å²) in [6.45, 7) is 0.603. The molecule has 0 aliphatic heterocycles. The van der Waals surface area contributed by atoms with Crippen molar-refractivity contribution in [3.05, 3.63) is 34.4 Å². The summed E-state index contributed by atoms with van der Waals surface area (Å²) in [5.74, 6) is -0.522. The molecule has 1 aromatic carbocycles. The molecular formula is C10H9N2O7. The smallest absolute Gasteiger partial charge is 0.428 e. The number of ether oxygens (including phenoxy) is 3. The van der Waals surface area contributed by atoms with Crippen LogP contribution in [0.4, 0.5) is 10.5 Å². The Kier molecular flexibility index (Phi) is 6.54. The molecular weight excluding hydrogens is 260 g/mol. The summed E-state index contributed by atoms with van der Waals surface area (Å²) in [5.41, 5.74) is -0.129. The van der Waals surface area contributed by atoms with Crippen LogP contribution in [0.3, 0.4) is 0 Å². The molecule has 0 aromatic heterocycles. The molecule has 9 nitrogen and oxygen atoms in total. The zero-order valence-corrected chi connectivity index (χ0v) is 9.77. The molecule has 101 valence electrons. The Morgan fingerprint density at radius 1 is 1.21 bits per heavy atom. The summed E-state index contributed by atoms with van der Waals surface area (Å²) in [5, 5.41) is 10.4. The third-order valence-electron chi connectivity index (χ3n) is 1.69. The fraction of sp³-hybridized carbons (Fsp3) is 0.200. The zero-order valence-electron chi connectivity index (χ0n) is 9.77. The van der Waals surface area contributed by atoms with E-state index in [1.165, 1.54) is 24.3 Å². The topological polar surface area (TPSA) is 135 Å². The van der Waals surface area contributed by atoms with Crippen LogP contribution in [-0.2, 0) is 14.3 Å². The molecule has 0 N–H and O–H groups in total. The Bertz CT molecular complexity index is 457. The third kappa shape index (κ3) is 5.98. The van der Waals surface area contributed by atoms with Gasteiger partial charge in [0.15, 0.2) is 0 Å². The van der Waals surface area contributed by atoms with Crippen LogP contribution < -0.4 is 10.9 Å². The minimum absolute atomic E-state index is 0. The van der Waals surface area contributed by atoms with E-state index in [1.807, 2.05) is 0 Å². The predicted molar refractivity (Wildman–Crippen MR) is 59.0 cm³/mol. The van der Waals surface area contributed by atoms with Crippen molar-refractivity contribution in [2.24, 2.45) is 0 Å². The van der Waals surface area contributed by atoms with E-state index < -0.39 is 23.8 Å². The maximum Gasteiger partial charge on any atom is 0.516 e. The number of carbonyl (C=O) groups is 2. The molecule has 0 atom stereocenters. The van der Waals surface area contributed by atoms with E-state index in [1.54, 1.807) is 0 Å². The molecule has 0 heterocycles. The predicted octanol–water partition coefficient (Wildman–Crippen LogP) is 1.15. The average molecular weight is 269 g/mol. The van der Waals surface area contributed by atoms with Gasteiger partial charge < -0.3 is 14.2 Å². The van der Waals surface area contributed by atoms with Crippen LogP contribution in [0.2, 0.25) is 0 Å². The molecule has 0 unspecified atom stereocenters. The highest BCUT2D eigenvalue weighted by molar-refractivity contribution is 5.66. The van der Waals surface area contributed by atoms with E-state index in [2.05, 4.69) is 14.2 Å². The van der Waals surface area contributed by atoms with Crippen molar-refractivity contribution in [2.45, 2.75) is 6.92 Å². The lowest BCUT2D eigenvalue weighted by Crippen LogP contribution is -2.14. The number of nitro benzene ring substituents is 1. The number of nitrogens with zero attached hydrogens (tertiary/aromatic N) is 2. The van der Waals surface area contributed by atoms with Gasteiger partial charge >= 0.3 is 12.1 Å². The second-order valence-corrected chi connectivity index (χ2v) is 3.00. The summed E-state index contributed by atoms with van der Waals surface area (Å²) in [4.78, 5) is 31.2. The highest BCUT2D eigenvalue weighted by atomic mass is 16.8. The van der Waals surface area contributed by atoms with Gasteiger partial charge in [-0.2, -0.15) is 0 Å². The van der Waals surface area contributed by atoms with Gasteiger partial charge in [-0.3, -0.25) is 14.9 Å². The fourth-order valence-electron chi connectivity index (χ4n) is 0.922. The van der Waals surface area contributed by atoms with Gasteiger partial charge in [0.1, 0.15) is 5.75 Å². The zero-order chi connectivity index (χ0) is 13.5. The van der Waals surface area contributed by atoms with Crippen LogP contribution in [-0.4, -0.2) is 23.8 Å². The summed E-state index contributed by atoms with van der Waals surface area (Å²) in [6, 6.07) is 4.83. The Morgan fingerprint density at radius 3 is 2.26 bits per heavy atom. The van der Waals surface area contributed by atoms with Gasteiger partial charge in [0.25, 0.3) is 5.69 Å². The lowest BCUT2D eigenvalue weighted by atomic mass is 10.3.